The van der Waals surface area contributed by atoms with Crippen molar-refractivity contribution in [1.82, 2.24) is 9.78 Å². The van der Waals surface area contributed by atoms with E-state index in [-0.39, 0.29) is 6.04 Å². The Bertz CT molecular complexity index is 252. The molecule has 3 heteroatoms. The smallest absolute Gasteiger partial charge is 0.0548 e. The molecule has 0 aliphatic rings. The molecule has 1 atom stereocenters. The Kier molecular flexibility index (Phi) is 3.48. The van der Waals surface area contributed by atoms with Crippen LogP contribution in [-0.2, 0) is 7.05 Å². The lowest BCUT2D eigenvalue weighted by Gasteiger charge is -2.13. The molecule has 1 rings (SSSR count). The van der Waals surface area contributed by atoms with Crippen LogP contribution in [0.2, 0.25) is 0 Å². The Morgan fingerprint density at radius 3 is 2.62 bits per heavy atom. The zero-order chi connectivity index (χ0) is 9.84. The zero-order valence-electron chi connectivity index (χ0n) is 8.70. The molecule has 0 aromatic carbocycles. The minimum atomic E-state index is 0.134. The summed E-state index contributed by atoms with van der Waals surface area (Å²) < 4.78 is 1.85. The minimum absolute atomic E-state index is 0.134. The highest BCUT2D eigenvalue weighted by atomic mass is 15.3. The van der Waals surface area contributed by atoms with Crippen molar-refractivity contribution in [2.75, 3.05) is 0 Å². The van der Waals surface area contributed by atoms with E-state index in [2.05, 4.69) is 18.9 Å². The molecular weight excluding hydrogens is 162 g/mol. The van der Waals surface area contributed by atoms with Gasteiger partial charge in [0.1, 0.15) is 0 Å². The first-order chi connectivity index (χ1) is 6.11. The van der Waals surface area contributed by atoms with Crippen LogP contribution in [-0.4, -0.2) is 9.78 Å². The Hall–Kier alpha value is -0.830. The first-order valence-electron chi connectivity index (χ1n) is 4.84. The first-order valence-corrected chi connectivity index (χ1v) is 4.84. The molecule has 74 valence electrons. The summed E-state index contributed by atoms with van der Waals surface area (Å²) in [6, 6.07) is 2.13. The molecule has 0 saturated carbocycles. The van der Waals surface area contributed by atoms with Gasteiger partial charge < -0.3 is 5.73 Å². The lowest BCUT2D eigenvalue weighted by molar-refractivity contribution is 0.488. The minimum Gasteiger partial charge on any atom is -0.323 e. The average molecular weight is 181 g/mol. The van der Waals surface area contributed by atoms with Crippen LogP contribution < -0.4 is 5.73 Å². The highest BCUT2D eigenvalue weighted by molar-refractivity contribution is 5.05. The van der Waals surface area contributed by atoms with Gasteiger partial charge in [0.2, 0.25) is 0 Å². The largest absolute Gasteiger partial charge is 0.323 e. The van der Waals surface area contributed by atoms with Gasteiger partial charge in [-0.1, -0.05) is 13.8 Å². The van der Waals surface area contributed by atoms with Gasteiger partial charge in [0.15, 0.2) is 0 Å². The monoisotopic (exact) mass is 181 g/mol. The SMILES string of the molecule is CC(C)CCC(N)c1ccnn1C. The van der Waals surface area contributed by atoms with Gasteiger partial charge in [0, 0.05) is 19.3 Å². The molecule has 0 spiro atoms. The maximum atomic E-state index is 6.03. The molecule has 0 fully saturated rings. The molecule has 0 saturated heterocycles. The highest BCUT2D eigenvalue weighted by Gasteiger charge is 2.09. The molecule has 1 unspecified atom stereocenters. The predicted molar refractivity (Wildman–Crippen MR) is 54.2 cm³/mol. The Labute approximate surface area is 79.9 Å². The van der Waals surface area contributed by atoms with Crippen molar-refractivity contribution in [2.45, 2.75) is 32.7 Å². The van der Waals surface area contributed by atoms with E-state index in [4.69, 9.17) is 5.73 Å². The molecule has 0 bridgehead atoms. The molecule has 1 aromatic rings. The van der Waals surface area contributed by atoms with Gasteiger partial charge in [-0.3, -0.25) is 4.68 Å². The zero-order valence-corrected chi connectivity index (χ0v) is 8.70. The van der Waals surface area contributed by atoms with Crippen molar-refractivity contribution < 1.29 is 0 Å². The summed E-state index contributed by atoms with van der Waals surface area (Å²) in [6.45, 7) is 4.44. The topological polar surface area (TPSA) is 43.8 Å². The van der Waals surface area contributed by atoms with Crippen LogP contribution >= 0.6 is 0 Å². The van der Waals surface area contributed by atoms with Crippen molar-refractivity contribution in [2.24, 2.45) is 18.7 Å². The molecule has 0 aliphatic heterocycles. The molecular formula is C10H19N3. The molecule has 3 nitrogen and oxygen atoms in total. The van der Waals surface area contributed by atoms with Crippen LogP contribution in [0.25, 0.3) is 0 Å². The second-order valence-electron chi connectivity index (χ2n) is 3.96. The fraction of sp³-hybridized carbons (Fsp3) is 0.700. The van der Waals surface area contributed by atoms with E-state index in [1.165, 1.54) is 6.42 Å². The van der Waals surface area contributed by atoms with Gasteiger partial charge in [0.25, 0.3) is 0 Å². The Morgan fingerprint density at radius 2 is 2.15 bits per heavy atom. The van der Waals surface area contributed by atoms with Gasteiger partial charge in [-0.05, 0) is 24.8 Å². The second kappa shape index (κ2) is 4.42. The standard InChI is InChI=1S/C10H19N3/c1-8(2)4-5-9(11)10-6-7-12-13(10)3/h6-9H,4-5,11H2,1-3H3. The van der Waals surface area contributed by atoms with Crippen LogP contribution in [0, 0.1) is 5.92 Å². The predicted octanol–water partition coefficient (Wildman–Crippen LogP) is 1.86. The number of nitrogens with zero attached hydrogens (tertiary/aromatic N) is 2. The molecule has 1 heterocycles. The van der Waals surface area contributed by atoms with E-state index < -0.39 is 0 Å². The van der Waals surface area contributed by atoms with Crippen molar-refractivity contribution in [3.8, 4) is 0 Å². The number of hydrogen-bond donors (Lipinski definition) is 1. The molecule has 2 N–H and O–H groups in total. The maximum absolute atomic E-state index is 6.03. The summed E-state index contributed by atoms with van der Waals surface area (Å²) in [7, 11) is 1.94. The summed E-state index contributed by atoms with van der Waals surface area (Å²) in [4.78, 5) is 0. The summed E-state index contributed by atoms with van der Waals surface area (Å²) in [5.74, 6) is 0.722. The van der Waals surface area contributed by atoms with Crippen LogP contribution in [0.3, 0.4) is 0 Å². The highest BCUT2D eigenvalue weighted by Crippen LogP contribution is 2.17. The van der Waals surface area contributed by atoms with E-state index in [1.807, 2.05) is 17.8 Å². The third kappa shape index (κ3) is 2.84. The first kappa shape index (κ1) is 10.3. The third-order valence-electron chi connectivity index (χ3n) is 2.29. The van der Waals surface area contributed by atoms with Crippen LogP contribution in [0.5, 0.6) is 0 Å². The van der Waals surface area contributed by atoms with E-state index in [9.17, 15) is 0 Å². The molecule has 1 aromatic heterocycles. The fourth-order valence-corrected chi connectivity index (χ4v) is 1.41. The van der Waals surface area contributed by atoms with Gasteiger partial charge in [-0.2, -0.15) is 5.10 Å². The van der Waals surface area contributed by atoms with Gasteiger partial charge in [-0.15, -0.1) is 0 Å². The molecule has 0 amide bonds. The summed E-state index contributed by atoms with van der Waals surface area (Å²) >= 11 is 0. The van der Waals surface area contributed by atoms with E-state index in [0.717, 1.165) is 18.0 Å². The number of nitrogens with two attached hydrogens (primary N) is 1. The van der Waals surface area contributed by atoms with E-state index in [0.29, 0.717) is 0 Å². The lowest BCUT2D eigenvalue weighted by Crippen LogP contribution is -2.15. The summed E-state index contributed by atoms with van der Waals surface area (Å²) in [5.41, 5.74) is 7.15. The Balaban J connectivity index is 2.49. The van der Waals surface area contributed by atoms with Gasteiger partial charge >= 0.3 is 0 Å². The molecule has 0 radical (unpaired) electrons. The second-order valence-corrected chi connectivity index (χ2v) is 3.96. The van der Waals surface area contributed by atoms with Crippen LogP contribution in [0.15, 0.2) is 12.3 Å². The van der Waals surface area contributed by atoms with Crippen molar-refractivity contribution in [3.05, 3.63) is 18.0 Å². The summed E-state index contributed by atoms with van der Waals surface area (Å²) in [5, 5.41) is 4.10. The van der Waals surface area contributed by atoms with E-state index in [1.54, 1.807) is 6.20 Å². The number of rotatable bonds is 4. The molecule has 13 heavy (non-hydrogen) atoms. The molecule has 0 aliphatic carbocycles. The number of aromatic nitrogens is 2. The van der Waals surface area contributed by atoms with Crippen LogP contribution in [0.4, 0.5) is 0 Å². The van der Waals surface area contributed by atoms with Gasteiger partial charge in [-0.25, -0.2) is 0 Å². The van der Waals surface area contributed by atoms with Crippen molar-refractivity contribution >= 4 is 0 Å². The lowest BCUT2D eigenvalue weighted by atomic mass is 10.0. The average Bonchev–Trinajstić information content (AvgIpc) is 2.47. The normalized spacial score (nSPS) is 13.6. The van der Waals surface area contributed by atoms with Crippen LogP contribution in [0.1, 0.15) is 38.4 Å². The fourth-order valence-electron chi connectivity index (χ4n) is 1.41. The third-order valence-corrected chi connectivity index (χ3v) is 2.29. The number of hydrogen-bond acceptors (Lipinski definition) is 2. The van der Waals surface area contributed by atoms with Crippen molar-refractivity contribution in [3.63, 3.8) is 0 Å². The quantitative estimate of drug-likeness (QED) is 0.770. The van der Waals surface area contributed by atoms with Gasteiger partial charge in [0.05, 0.1) is 5.69 Å². The maximum Gasteiger partial charge on any atom is 0.0548 e. The summed E-state index contributed by atoms with van der Waals surface area (Å²) in [6.07, 6.45) is 4.01. The Morgan fingerprint density at radius 1 is 1.46 bits per heavy atom. The number of aryl methyl sites for hydroxylation is 1. The van der Waals surface area contributed by atoms with Crippen molar-refractivity contribution in [1.29, 1.82) is 0 Å². The van der Waals surface area contributed by atoms with E-state index >= 15 is 0 Å².